The molecule has 1 atom stereocenters. The lowest BCUT2D eigenvalue weighted by Crippen LogP contribution is -2.20. The van der Waals surface area contributed by atoms with Crippen molar-refractivity contribution >= 4 is 33.9 Å². The van der Waals surface area contributed by atoms with Gasteiger partial charge in [-0.2, -0.15) is 10.5 Å². The van der Waals surface area contributed by atoms with E-state index in [4.69, 9.17) is 11.6 Å². The molecule has 4 aromatic rings. The molecule has 192 valence electrons. The molecule has 0 radical (unpaired) electrons. The number of nitriles is 2. The Morgan fingerprint density at radius 2 is 1.92 bits per heavy atom. The van der Waals surface area contributed by atoms with Crippen molar-refractivity contribution in [3.05, 3.63) is 76.5 Å². The van der Waals surface area contributed by atoms with Gasteiger partial charge in [0.05, 0.1) is 40.8 Å². The van der Waals surface area contributed by atoms with Gasteiger partial charge in [0, 0.05) is 23.2 Å². The quantitative estimate of drug-likeness (QED) is 0.295. The van der Waals surface area contributed by atoms with Gasteiger partial charge in [-0.3, -0.25) is 4.98 Å². The molecule has 10 heteroatoms. The molecular weight excluding hydrogens is 503 g/mol. The molecule has 38 heavy (non-hydrogen) atoms. The molecule has 1 fully saturated rings. The van der Waals surface area contributed by atoms with E-state index in [0.717, 1.165) is 18.4 Å². The minimum atomic E-state index is -0.662. The first kappa shape index (κ1) is 25.4. The van der Waals surface area contributed by atoms with E-state index in [-0.39, 0.29) is 11.2 Å². The third-order valence-corrected chi connectivity index (χ3v) is 6.75. The summed E-state index contributed by atoms with van der Waals surface area (Å²) in [5, 5.41) is 36.0. The number of nitrogens with one attached hydrogen (secondary N) is 2. The Hall–Kier alpha value is -4.21. The maximum atomic E-state index is 13.8. The molecule has 0 aliphatic heterocycles. The minimum absolute atomic E-state index is 0.0240. The van der Waals surface area contributed by atoms with Crippen LogP contribution in [-0.4, -0.2) is 26.5 Å². The zero-order chi connectivity index (χ0) is 27.1. The van der Waals surface area contributed by atoms with Gasteiger partial charge in [0.15, 0.2) is 5.54 Å². The molecule has 8 nitrogen and oxygen atoms in total. The van der Waals surface area contributed by atoms with Crippen LogP contribution in [-0.2, 0) is 5.54 Å². The summed E-state index contributed by atoms with van der Waals surface area (Å²) in [6.45, 7) is 6.95. The maximum absolute atomic E-state index is 13.8. The van der Waals surface area contributed by atoms with Crippen LogP contribution in [0.2, 0.25) is 5.02 Å². The van der Waals surface area contributed by atoms with Gasteiger partial charge in [-0.1, -0.05) is 49.7 Å². The number of benzene rings is 2. The summed E-state index contributed by atoms with van der Waals surface area (Å²) in [5.41, 5.74) is 2.92. The Kier molecular flexibility index (Phi) is 6.42. The Labute approximate surface area is 225 Å². The van der Waals surface area contributed by atoms with E-state index in [0.29, 0.717) is 45.1 Å². The fraction of sp³-hybridized carbons (Fsp3) is 0.321. The van der Waals surface area contributed by atoms with Crippen molar-refractivity contribution in [1.82, 2.24) is 20.0 Å². The highest BCUT2D eigenvalue weighted by Crippen LogP contribution is 2.43. The summed E-state index contributed by atoms with van der Waals surface area (Å²) >= 11 is 6.57. The van der Waals surface area contributed by atoms with Crippen molar-refractivity contribution in [2.24, 2.45) is 5.41 Å². The number of nitrogens with zero attached hydrogens (tertiary/aromatic N) is 6. The predicted molar refractivity (Wildman–Crippen MR) is 144 cm³/mol. The normalized spacial score (nSPS) is 14.9. The molecular formula is C28H26ClFN8. The van der Waals surface area contributed by atoms with Crippen molar-refractivity contribution in [2.75, 3.05) is 17.2 Å². The smallest absolute Gasteiger partial charge is 0.150 e. The van der Waals surface area contributed by atoms with Gasteiger partial charge in [0.1, 0.15) is 17.6 Å². The summed E-state index contributed by atoms with van der Waals surface area (Å²) in [6.07, 6.45) is 4.73. The van der Waals surface area contributed by atoms with Crippen molar-refractivity contribution in [1.29, 1.82) is 10.5 Å². The molecule has 2 aromatic carbocycles. The molecule has 0 spiro atoms. The Morgan fingerprint density at radius 3 is 2.55 bits per heavy atom. The van der Waals surface area contributed by atoms with E-state index in [2.05, 4.69) is 58.8 Å². The van der Waals surface area contributed by atoms with Crippen LogP contribution in [0, 0.1) is 33.9 Å². The highest BCUT2D eigenvalue weighted by Gasteiger charge is 2.46. The lowest BCUT2D eigenvalue weighted by Gasteiger charge is -2.23. The van der Waals surface area contributed by atoms with Gasteiger partial charge in [-0.05, 0) is 48.1 Å². The number of hydrogen-bond donors (Lipinski definition) is 2. The van der Waals surface area contributed by atoms with Gasteiger partial charge in [-0.15, -0.1) is 5.10 Å². The fourth-order valence-electron chi connectivity index (χ4n) is 4.27. The SMILES string of the molecule is CC(C)(C)CNc1c(C#N)cnc2c(N[C@@H](c3ccc(F)cc3)c3cn(C4(C#N)CC4)nn3)cc(Cl)cc12. The van der Waals surface area contributed by atoms with Gasteiger partial charge in [0.2, 0.25) is 0 Å². The van der Waals surface area contributed by atoms with Crippen LogP contribution >= 0.6 is 11.6 Å². The Bertz CT molecular complexity index is 1590. The number of hydrogen-bond acceptors (Lipinski definition) is 7. The predicted octanol–water partition coefficient (Wildman–Crippen LogP) is 6.16. The lowest BCUT2D eigenvalue weighted by molar-refractivity contribution is 0.443. The number of aromatic nitrogens is 4. The molecule has 1 aliphatic rings. The van der Waals surface area contributed by atoms with Gasteiger partial charge < -0.3 is 10.6 Å². The number of halogens is 2. The molecule has 0 bridgehead atoms. The van der Waals surface area contributed by atoms with Crippen LogP contribution in [0.1, 0.15) is 56.5 Å². The largest absolute Gasteiger partial charge is 0.383 e. The van der Waals surface area contributed by atoms with E-state index in [9.17, 15) is 14.9 Å². The van der Waals surface area contributed by atoms with E-state index >= 15 is 0 Å². The van der Waals surface area contributed by atoms with Crippen LogP contribution in [0.25, 0.3) is 10.9 Å². The molecule has 0 saturated heterocycles. The highest BCUT2D eigenvalue weighted by atomic mass is 35.5. The second-order valence-electron chi connectivity index (χ2n) is 10.8. The first-order valence-electron chi connectivity index (χ1n) is 12.2. The number of fused-ring (bicyclic) bond motifs is 1. The van der Waals surface area contributed by atoms with Gasteiger partial charge in [-0.25, -0.2) is 9.07 Å². The third-order valence-electron chi connectivity index (χ3n) is 6.53. The van der Waals surface area contributed by atoms with Gasteiger partial charge in [0.25, 0.3) is 0 Å². The summed E-state index contributed by atoms with van der Waals surface area (Å²) < 4.78 is 15.4. The van der Waals surface area contributed by atoms with Crippen LogP contribution < -0.4 is 10.6 Å². The monoisotopic (exact) mass is 528 g/mol. The molecule has 2 N–H and O–H groups in total. The Morgan fingerprint density at radius 1 is 1.18 bits per heavy atom. The van der Waals surface area contributed by atoms with Crippen LogP contribution in [0.4, 0.5) is 15.8 Å². The Balaban J connectivity index is 1.61. The molecule has 0 amide bonds. The summed E-state index contributed by atoms with van der Waals surface area (Å²) in [7, 11) is 0. The molecule has 1 aliphatic carbocycles. The molecule has 2 heterocycles. The van der Waals surface area contributed by atoms with E-state index in [1.807, 2.05) is 0 Å². The molecule has 5 rings (SSSR count). The third kappa shape index (κ3) is 4.98. The molecule has 0 unspecified atom stereocenters. The number of pyridine rings is 1. The minimum Gasteiger partial charge on any atom is -0.383 e. The van der Waals surface area contributed by atoms with Gasteiger partial charge >= 0.3 is 0 Å². The topological polar surface area (TPSA) is 115 Å². The average Bonchev–Trinajstić information content (AvgIpc) is 3.53. The molecule has 2 aromatic heterocycles. The van der Waals surface area contributed by atoms with E-state index in [1.54, 1.807) is 41.3 Å². The summed E-state index contributed by atoms with van der Waals surface area (Å²) in [5.74, 6) is -0.356. The number of rotatable bonds is 7. The molecule has 1 saturated carbocycles. The second kappa shape index (κ2) is 9.59. The van der Waals surface area contributed by atoms with E-state index in [1.165, 1.54) is 12.1 Å². The number of anilines is 2. The highest BCUT2D eigenvalue weighted by molar-refractivity contribution is 6.32. The fourth-order valence-corrected chi connectivity index (χ4v) is 4.49. The summed E-state index contributed by atoms with van der Waals surface area (Å²) in [6, 6.07) is 13.7. The van der Waals surface area contributed by atoms with Crippen molar-refractivity contribution in [3.63, 3.8) is 0 Å². The summed E-state index contributed by atoms with van der Waals surface area (Å²) in [4.78, 5) is 4.59. The van der Waals surface area contributed by atoms with Crippen LogP contribution in [0.5, 0.6) is 0 Å². The van der Waals surface area contributed by atoms with Crippen molar-refractivity contribution in [3.8, 4) is 12.1 Å². The zero-order valence-electron chi connectivity index (χ0n) is 21.3. The van der Waals surface area contributed by atoms with E-state index < -0.39 is 11.6 Å². The lowest BCUT2D eigenvalue weighted by atomic mass is 9.96. The van der Waals surface area contributed by atoms with Crippen LogP contribution in [0.15, 0.2) is 48.8 Å². The van der Waals surface area contributed by atoms with Crippen LogP contribution in [0.3, 0.4) is 0 Å². The standard InChI is InChI=1S/C28H26ClFN8/c1-27(2,3)16-34-24-18(12-31)13-33-26-21(24)10-19(29)11-22(26)35-25(17-4-6-20(30)7-5-17)23-14-38(37-36-23)28(15-32)8-9-28/h4-7,10-11,13-14,25,35H,8-9,16H2,1-3H3,(H,33,34)/t25-/m0/s1. The second-order valence-corrected chi connectivity index (χ2v) is 11.2. The average molecular weight is 529 g/mol. The first-order valence-corrected chi connectivity index (χ1v) is 12.6. The van der Waals surface area contributed by atoms with Crippen molar-refractivity contribution in [2.45, 2.75) is 45.2 Å². The van der Waals surface area contributed by atoms with Crippen molar-refractivity contribution < 1.29 is 4.39 Å². The zero-order valence-corrected chi connectivity index (χ0v) is 22.0. The first-order chi connectivity index (χ1) is 18.1. The maximum Gasteiger partial charge on any atom is 0.150 e.